The standard InChI is InChI=1S/C57H54Cl2N10O17/c1-62-33(12-22-3-2-4-23(11-22)21-63-61)51(77)68-46-48(74)25-6-9-37(31(58)14-25)85-39-16-27-17-40(50(39)76)86-38-10-7-26(15-32(38)59)49(75)47-56(82)67-45(57(83)84)30-18-28(70)19-36(72)42(30)29-13-24(5-8-35(29)71)43(53(79)69-47)66-54(80)44(27)65-52(78)34(20-41(60)73)64-55(46)81/h2-11,13-19,33-34,43-49,62-63,70-72,74-76H,12,20-21,61H2,1H3,(H2,60,73)(H,64,81)(H,65,78)(H,66,80)(H,67,82)(H,68,77)(H,69,79)(H,83,84)/t33-,34+,43-,44-,45+,46-,47+,48-,49-/m1/s1. The van der Waals surface area contributed by atoms with E-state index in [-0.39, 0.29) is 50.2 Å². The Labute approximate surface area is 496 Å². The molecule has 0 aromatic heterocycles. The lowest BCUT2D eigenvalue weighted by Crippen LogP contribution is -2.59. The summed E-state index contributed by atoms with van der Waals surface area (Å²) in [5, 5.41) is 96.6. The topological polar surface area (TPSA) is 445 Å². The highest BCUT2D eigenvalue weighted by molar-refractivity contribution is 6.32. The number of carbonyl (C=O) groups is 8. The summed E-state index contributed by atoms with van der Waals surface area (Å²) in [4.78, 5) is 115. The minimum Gasteiger partial charge on any atom is -0.508 e. The molecule has 7 amide bonds. The number of hydrogen-bond donors (Lipinski definition) is 17. The molecule has 0 unspecified atom stereocenters. The van der Waals surface area contributed by atoms with Crippen molar-refractivity contribution >= 4 is 70.5 Å². The van der Waals surface area contributed by atoms with Crippen molar-refractivity contribution in [2.75, 3.05) is 7.05 Å². The van der Waals surface area contributed by atoms with E-state index in [2.05, 4.69) is 42.6 Å². The molecule has 5 heterocycles. The zero-order valence-corrected chi connectivity index (χ0v) is 46.3. The number of rotatable bonds is 10. The molecule has 6 aromatic rings. The number of carboxylic acids is 1. The number of halogens is 2. The third kappa shape index (κ3) is 12.8. The van der Waals surface area contributed by atoms with Gasteiger partial charge in [0.25, 0.3) is 0 Å². The van der Waals surface area contributed by atoms with E-state index in [4.69, 9.17) is 44.3 Å². The Morgan fingerprint density at radius 2 is 1.24 bits per heavy atom. The highest BCUT2D eigenvalue weighted by Crippen LogP contribution is 2.48. The van der Waals surface area contributed by atoms with Gasteiger partial charge in [0.05, 0.1) is 22.5 Å². The Kier molecular flexibility index (Phi) is 17.8. The summed E-state index contributed by atoms with van der Waals surface area (Å²) in [6, 6.07) is 7.23. The number of aliphatic carboxylic acids is 1. The first-order valence-electron chi connectivity index (χ1n) is 26.0. The monoisotopic (exact) mass is 1220 g/mol. The first-order chi connectivity index (χ1) is 40.9. The lowest BCUT2D eigenvalue weighted by molar-refractivity contribution is -0.143. The van der Waals surface area contributed by atoms with Crippen molar-refractivity contribution in [3.05, 3.63) is 152 Å². The molecule has 6 aromatic carbocycles. The van der Waals surface area contributed by atoms with Crippen molar-refractivity contribution in [3.8, 4) is 57.1 Å². The molecule has 5 aliphatic rings. The van der Waals surface area contributed by atoms with Crippen LogP contribution in [0.5, 0.6) is 46.0 Å². The minimum atomic E-state index is -2.20. The molecule has 0 spiro atoms. The summed E-state index contributed by atoms with van der Waals surface area (Å²) in [5.74, 6) is -9.67. The van der Waals surface area contributed by atoms with Crippen molar-refractivity contribution in [3.63, 3.8) is 0 Å². The molecule has 0 fully saturated rings. The van der Waals surface area contributed by atoms with Gasteiger partial charge >= 0.3 is 5.97 Å². The smallest absolute Gasteiger partial charge is 0.330 e. The summed E-state index contributed by atoms with van der Waals surface area (Å²) in [5.41, 5.74) is 7.27. The predicted octanol–water partition coefficient (Wildman–Crippen LogP) is 1.56. The number of primary amides is 1. The van der Waals surface area contributed by atoms with Gasteiger partial charge in [-0.05, 0) is 101 Å². The molecular formula is C57H54Cl2N10O17. The highest BCUT2D eigenvalue weighted by Gasteiger charge is 2.42. The number of aliphatic hydroxyl groups is 2. The van der Waals surface area contributed by atoms with Gasteiger partial charge in [0.2, 0.25) is 47.1 Å². The number of nitrogens with two attached hydrogens (primary N) is 2. The lowest BCUT2D eigenvalue weighted by Gasteiger charge is -2.31. The van der Waals surface area contributed by atoms with Crippen LogP contribution >= 0.6 is 23.2 Å². The van der Waals surface area contributed by atoms with Crippen LogP contribution in [0.2, 0.25) is 10.0 Å². The number of ether oxygens (including phenoxy) is 2. The van der Waals surface area contributed by atoms with Gasteiger partial charge in [0.1, 0.15) is 71.2 Å². The van der Waals surface area contributed by atoms with Crippen LogP contribution in [0, 0.1) is 0 Å². The molecule has 9 atom stereocenters. The highest BCUT2D eigenvalue weighted by atomic mass is 35.5. The Morgan fingerprint density at radius 1 is 0.640 bits per heavy atom. The Morgan fingerprint density at radius 3 is 1.86 bits per heavy atom. The second-order valence-electron chi connectivity index (χ2n) is 20.2. The number of carboxylic acid groups (broad SMARTS) is 1. The number of amides is 7. The number of benzene rings is 6. The van der Waals surface area contributed by atoms with Crippen LogP contribution in [0.3, 0.4) is 0 Å². The fourth-order valence-electron chi connectivity index (χ4n) is 10.1. The summed E-state index contributed by atoms with van der Waals surface area (Å²) in [6.45, 7) is 0.296. The van der Waals surface area contributed by atoms with Gasteiger partial charge in [-0.25, -0.2) is 4.79 Å². The normalized spacial score (nSPS) is 21.6. The zero-order valence-electron chi connectivity index (χ0n) is 44.8. The largest absolute Gasteiger partial charge is 0.508 e. The van der Waals surface area contributed by atoms with Crippen LogP contribution < -0.4 is 63.7 Å². The quantitative estimate of drug-likeness (QED) is 0.0683. The number of phenols is 4. The van der Waals surface area contributed by atoms with Crippen LogP contribution in [-0.4, -0.2) is 114 Å². The fourth-order valence-corrected chi connectivity index (χ4v) is 10.5. The van der Waals surface area contributed by atoms with Gasteiger partial charge in [0.15, 0.2) is 17.5 Å². The summed E-state index contributed by atoms with van der Waals surface area (Å²) in [7, 11) is 1.47. The van der Waals surface area contributed by atoms with E-state index in [0.717, 1.165) is 60.2 Å². The summed E-state index contributed by atoms with van der Waals surface area (Å²) < 4.78 is 12.3. The number of carbonyl (C=O) groups excluding carboxylic acids is 7. The number of likely N-dealkylation sites (N-methyl/N-ethyl adjacent to an activating group) is 1. The fraction of sp³-hybridized carbons (Fsp3) is 0.228. The average Bonchev–Trinajstić information content (AvgIpc) is 1.41. The average molecular weight is 1220 g/mol. The molecule has 0 aliphatic carbocycles. The molecular weight excluding hydrogens is 1170 g/mol. The summed E-state index contributed by atoms with van der Waals surface area (Å²) in [6.07, 6.45) is -5.09. The van der Waals surface area contributed by atoms with Crippen LogP contribution in [0.4, 0.5) is 0 Å². The van der Waals surface area contributed by atoms with E-state index in [1.54, 1.807) is 24.3 Å². The molecule has 5 aliphatic heterocycles. The second kappa shape index (κ2) is 25.2. The Hall–Kier alpha value is -9.74. The first-order valence-corrected chi connectivity index (χ1v) is 26.8. The van der Waals surface area contributed by atoms with Crippen molar-refractivity contribution in [2.45, 2.75) is 73.9 Å². The van der Waals surface area contributed by atoms with Gasteiger partial charge in [-0.3, -0.25) is 44.8 Å². The SMILES string of the molecule is CN[C@H](Cc1cccc(CNN)c1)C(=O)N[C@H]1C(=O)N[C@@H](CC(N)=O)C(=O)N[C@H]2C(=O)N[C@H]3C(=O)N[C@H](C(=O)N[C@H](C(=O)O)c4cc(O)cc(O)c4-c4cc3ccc4O)[C@H](O)c3ccc(c(Cl)c3)Oc3cc2cc(c3O)Oc2ccc(cc2Cl)[C@H]1O. The number of hydrogen-bond acceptors (Lipinski definition) is 19. The van der Waals surface area contributed by atoms with E-state index in [9.17, 15) is 64.5 Å². The third-order valence-corrected chi connectivity index (χ3v) is 15.0. The molecule has 448 valence electrons. The van der Waals surface area contributed by atoms with Crippen molar-refractivity contribution in [2.24, 2.45) is 11.6 Å². The van der Waals surface area contributed by atoms with Gasteiger partial charge in [-0.15, -0.1) is 0 Å². The van der Waals surface area contributed by atoms with Crippen molar-refractivity contribution < 1.29 is 83.6 Å². The molecule has 0 saturated carbocycles. The number of fused-ring (bicyclic) bond motifs is 15. The molecule has 27 nitrogen and oxygen atoms in total. The van der Waals surface area contributed by atoms with E-state index in [1.807, 2.05) is 0 Å². The number of aromatic hydroxyl groups is 4. The number of phenolic OH excluding ortho intramolecular Hbond substituents is 4. The van der Waals surface area contributed by atoms with Gasteiger partial charge in [-0.2, -0.15) is 0 Å². The molecule has 19 N–H and O–H groups in total. The van der Waals surface area contributed by atoms with Crippen LogP contribution in [0.1, 0.15) is 75.7 Å². The maximum absolute atomic E-state index is 15.5. The zero-order chi connectivity index (χ0) is 62.0. The molecule has 11 rings (SSSR count). The van der Waals surface area contributed by atoms with Gasteiger partial charge in [0, 0.05) is 29.3 Å². The predicted molar refractivity (Wildman–Crippen MR) is 302 cm³/mol. The van der Waals surface area contributed by atoms with Crippen LogP contribution in [-0.2, 0) is 51.3 Å². The van der Waals surface area contributed by atoms with E-state index >= 15 is 9.59 Å². The first kappa shape index (κ1) is 60.8. The molecule has 0 radical (unpaired) electrons. The van der Waals surface area contributed by atoms with Crippen LogP contribution in [0.15, 0.2) is 103 Å². The third-order valence-electron chi connectivity index (χ3n) is 14.4. The number of hydrazine groups is 1. The van der Waals surface area contributed by atoms with E-state index < -0.39 is 159 Å². The van der Waals surface area contributed by atoms with Gasteiger partial charge in [-0.1, -0.05) is 65.7 Å². The number of nitrogens with one attached hydrogen (secondary N) is 8. The Balaban J connectivity index is 1.21. The van der Waals surface area contributed by atoms with E-state index in [1.165, 1.54) is 31.3 Å². The minimum absolute atomic E-state index is 0.0444. The molecule has 86 heavy (non-hydrogen) atoms. The number of aliphatic hydroxyl groups excluding tert-OH is 2. The van der Waals surface area contributed by atoms with Crippen molar-refractivity contribution in [1.29, 1.82) is 0 Å². The van der Waals surface area contributed by atoms with Gasteiger partial charge < -0.3 is 88.2 Å². The maximum atomic E-state index is 15.5. The molecule has 11 bridgehead atoms. The molecule has 29 heteroatoms. The van der Waals surface area contributed by atoms with Crippen LogP contribution in [0.25, 0.3) is 11.1 Å². The maximum Gasteiger partial charge on any atom is 0.330 e. The lowest BCUT2D eigenvalue weighted by atomic mass is 9.89. The Bertz CT molecular complexity index is 3760. The second-order valence-corrected chi connectivity index (χ2v) is 21.0. The molecule has 0 saturated heterocycles. The van der Waals surface area contributed by atoms with E-state index in [0.29, 0.717) is 12.1 Å². The van der Waals surface area contributed by atoms with Crippen molar-refractivity contribution in [1.82, 2.24) is 42.6 Å². The summed E-state index contributed by atoms with van der Waals surface area (Å²) >= 11 is 13.6.